The Labute approximate surface area is 119 Å². The molecular formula is C16H17N3O. The molecule has 4 nitrogen and oxygen atoms in total. The number of rotatable bonds is 2. The second-order valence-corrected chi connectivity index (χ2v) is 5.52. The zero-order valence-corrected chi connectivity index (χ0v) is 12.1. The highest BCUT2D eigenvalue weighted by atomic mass is 16.5. The lowest BCUT2D eigenvalue weighted by Crippen LogP contribution is -2.15. The van der Waals surface area contributed by atoms with Crippen molar-refractivity contribution in [3.63, 3.8) is 0 Å². The summed E-state index contributed by atoms with van der Waals surface area (Å²) in [5.74, 6) is 0.348. The predicted molar refractivity (Wildman–Crippen MR) is 77.4 cm³/mol. The van der Waals surface area contributed by atoms with Crippen molar-refractivity contribution in [1.29, 1.82) is 5.26 Å². The Balaban J connectivity index is 2.72. The lowest BCUT2D eigenvalue weighted by atomic mass is 9.84. The quantitative estimate of drug-likeness (QED) is 0.837. The topological polar surface area (TPSA) is 58.8 Å². The molecule has 0 spiro atoms. The summed E-state index contributed by atoms with van der Waals surface area (Å²) in [6, 6.07) is 9.77. The second-order valence-electron chi connectivity index (χ2n) is 5.52. The minimum absolute atomic E-state index is 0.176. The molecule has 0 bridgehead atoms. The van der Waals surface area contributed by atoms with Crippen molar-refractivity contribution in [2.24, 2.45) is 0 Å². The molecule has 0 fully saturated rings. The second kappa shape index (κ2) is 5.30. The Kier molecular flexibility index (Phi) is 3.71. The number of hydrogen-bond donors (Lipinski definition) is 0. The van der Waals surface area contributed by atoms with Crippen molar-refractivity contribution >= 4 is 0 Å². The first-order valence-corrected chi connectivity index (χ1v) is 6.38. The summed E-state index contributed by atoms with van der Waals surface area (Å²) in [4.78, 5) is 8.70. The lowest BCUT2D eigenvalue weighted by Gasteiger charge is -2.22. The Bertz CT molecular complexity index is 652. The first-order chi connectivity index (χ1) is 9.47. The van der Waals surface area contributed by atoms with Gasteiger partial charge in [-0.25, -0.2) is 4.98 Å². The van der Waals surface area contributed by atoms with E-state index in [2.05, 4.69) is 36.8 Å². The van der Waals surface area contributed by atoms with Crippen molar-refractivity contribution in [2.45, 2.75) is 26.2 Å². The van der Waals surface area contributed by atoms with Crippen LogP contribution in [-0.2, 0) is 5.41 Å². The first-order valence-electron chi connectivity index (χ1n) is 6.38. The fraction of sp³-hybridized carbons (Fsp3) is 0.312. The van der Waals surface area contributed by atoms with E-state index in [-0.39, 0.29) is 5.41 Å². The fourth-order valence-electron chi connectivity index (χ4n) is 2.01. The molecule has 0 atom stereocenters. The Morgan fingerprint density at radius 1 is 1.20 bits per heavy atom. The normalized spacial score (nSPS) is 10.9. The minimum Gasteiger partial charge on any atom is -0.480 e. The number of methoxy groups -OCH3 is 1. The highest BCUT2D eigenvalue weighted by molar-refractivity contribution is 5.61. The summed E-state index contributed by atoms with van der Waals surface area (Å²) >= 11 is 0. The van der Waals surface area contributed by atoms with Gasteiger partial charge in [0.25, 0.3) is 0 Å². The lowest BCUT2D eigenvalue weighted by molar-refractivity contribution is 0.394. The van der Waals surface area contributed by atoms with Crippen LogP contribution in [0.4, 0.5) is 0 Å². The van der Waals surface area contributed by atoms with E-state index in [1.165, 1.54) is 7.11 Å². The minimum atomic E-state index is -0.176. The van der Waals surface area contributed by atoms with Gasteiger partial charge in [0, 0.05) is 6.20 Å². The molecule has 0 aromatic carbocycles. The van der Waals surface area contributed by atoms with Crippen LogP contribution in [-0.4, -0.2) is 17.1 Å². The smallest absolute Gasteiger partial charge is 0.232 e. The molecule has 0 N–H and O–H groups in total. The molecular weight excluding hydrogens is 250 g/mol. The molecule has 4 heteroatoms. The molecule has 2 aromatic heterocycles. The van der Waals surface area contributed by atoms with Gasteiger partial charge in [-0.2, -0.15) is 5.26 Å². The average molecular weight is 267 g/mol. The van der Waals surface area contributed by atoms with Gasteiger partial charge in [0.15, 0.2) is 0 Å². The van der Waals surface area contributed by atoms with E-state index in [0.717, 1.165) is 11.3 Å². The summed E-state index contributed by atoms with van der Waals surface area (Å²) in [5, 5.41) is 9.37. The van der Waals surface area contributed by atoms with Crippen LogP contribution in [0.1, 0.15) is 31.9 Å². The van der Waals surface area contributed by atoms with Crippen molar-refractivity contribution in [2.75, 3.05) is 7.11 Å². The van der Waals surface area contributed by atoms with Gasteiger partial charge in [-0.15, -0.1) is 0 Å². The van der Waals surface area contributed by atoms with Crippen molar-refractivity contribution in [3.8, 4) is 23.3 Å². The van der Waals surface area contributed by atoms with Crippen LogP contribution >= 0.6 is 0 Å². The van der Waals surface area contributed by atoms with Crippen LogP contribution in [0.25, 0.3) is 11.4 Å². The van der Waals surface area contributed by atoms with E-state index in [0.29, 0.717) is 17.1 Å². The third-order valence-electron chi connectivity index (χ3n) is 3.03. The number of ether oxygens (including phenoxy) is 1. The number of hydrogen-bond acceptors (Lipinski definition) is 4. The third-order valence-corrected chi connectivity index (χ3v) is 3.03. The summed E-state index contributed by atoms with van der Waals surface area (Å²) in [6.45, 7) is 6.18. The van der Waals surface area contributed by atoms with Crippen LogP contribution in [0.5, 0.6) is 5.88 Å². The standard InChI is InChI=1S/C16H17N3O/c1-16(2,3)12-9-14(13-7-5-6-8-18-13)19-15(20-4)11(12)10-17/h5-9H,1-4H3. The SMILES string of the molecule is COc1nc(-c2ccccn2)cc(C(C)(C)C)c1C#N. The molecule has 0 unspecified atom stereocenters. The molecule has 2 aromatic rings. The Morgan fingerprint density at radius 2 is 1.95 bits per heavy atom. The van der Waals surface area contributed by atoms with Crippen LogP contribution < -0.4 is 4.74 Å². The van der Waals surface area contributed by atoms with Gasteiger partial charge in [-0.1, -0.05) is 26.8 Å². The molecule has 0 aliphatic heterocycles. The molecule has 2 rings (SSSR count). The van der Waals surface area contributed by atoms with E-state index in [1.807, 2.05) is 24.3 Å². The van der Waals surface area contributed by atoms with Gasteiger partial charge in [0.2, 0.25) is 5.88 Å². The van der Waals surface area contributed by atoms with Crippen LogP contribution in [0, 0.1) is 11.3 Å². The maximum Gasteiger partial charge on any atom is 0.232 e. The molecule has 0 saturated heterocycles. The molecule has 102 valence electrons. The zero-order valence-electron chi connectivity index (χ0n) is 12.1. The van der Waals surface area contributed by atoms with E-state index in [1.54, 1.807) is 6.20 Å². The highest BCUT2D eigenvalue weighted by Gasteiger charge is 2.23. The zero-order chi connectivity index (χ0) is 14.8. The Hall–Kier alpha value is -2.41. The van der Waals surface area contributed by atoms with Crippen molar-refractivity contribution in [3.05, 3.63) is 41.6 Å². The average Bonchev–Trinajstić information content (AvgIpc) is 2.45. The van der Waals surface area contributed by atoms with Crippen molar-refractivity contribution < 1.29 is 4.74 Å². The van der Waals surface area contributed by atoms with Crippen LogP contribution in [0.15, 0.2) is 30.5 Å². The summed E-state index contributed by atoms with van der Waals surface area (Å²) < 4.78 is 5.27. The van der Waals surface area contributed by atoms with Gasteiger partial charge in [0.05, 0.1) is 18.5 Å². The maximum absolute atomic E-state index is 9.37. The molecule has 20 heavy (non-hydrogen) atoms. The van der Waals surface area contributed by atoms with E-state index in [9.17, 15) is 5.26 Å². The molecule has 0 radical (unpaired) electrons. The molecule has 0 amide bonds. The van der Waals surface area contributed by atoms with Crippen molar-refractivity contribution in [1.82, 2.24) is 9.97 Å². The van der Waals surface area contributed by atoms with E-state index >= 15 is 0 Å². The highest BCUT2D eigenvalue weighted by Crippen LogP contribution is 2.33. The molecule has 0 aliphatic carbocycles. The van der Waals surface area contributed by atoms with Gasteiger partial charge < -0.3 is 4.74 Å². The van der Waals surface area contributed by atoms with E-state index < -0.39 is 0 Å². The first kappa shape index (κ1) is 14.0. The molecule has 0 aliphatic rings. The fourth-order valence-corrected chi connectivity index (χ4v) is 2.01. The molecule has 0 saturated carbocycles. The Morgan fingerprint density at radius 3 is 2.45 bits per heavy atom. The molecule has 2 heterocycles. The van der Waals surface area contributed by atoms with E-state index in [4.69, 9.17) is 4.74 Å². The predicted octanol–water partition coefficient (Wildman–Crippen LogP) is 3.32. The number of pyridine rings is 2. The number of aromatic nitrogens is 2. The summed E-state index contributed by atoms with van der Waals surface area (Å²) in [7, 11) is 1.53. The number of nitriles is 1. The summed E-state index contributed by atoms with van der Waals surface area (Å²) in [5.41, 5.74) is 2.70. The maximum atomic E-state index is 9.37. The summed E-state index contributed by atoms with van der Waals surface area (Å²) in [6.07, 6.45) is 1.72. The van der Waals surface area contributed by atoms with Gasteiger partial charge >= 0.3 is 0 Å². The van der Waals surface area contributed by atoms with Gasteiger partial charge in [0.1, 0.15) is 11.6 Å². The third kappa shape index (κ3) is 2.62. The van der Waals surface area contributed by atoms with Gasteiger partial charge in [-0.3, -0.25) is 4.98 Å². The van der Waals surface area contributed by atoms with Gasteiger partial charge in [-0.05, 0) is 29.2 Å². The largest absolute Gasteiger partial charge is 0.480 e. The van der Waals surface area contributed by atoms with Crippen LogP contribution in [0.2, 0.25) is 0 Å². The monoisotopic (exact) mass is 267 g/mol. The number of nitrogens with zero attached hydrogens (tertiary/aromatic N) is 3. The van der Waals surface area contributed by atoms with Crippen LogP contribution in [0.3, 0.4) is 0 Å².